The quantitative estimate of drug-likeness (QED) is 0.822. The fraction of sp³-hybridized carbons (Fsp3) is 0.444. The molecule has 0 aliphatic carbocycles. The van der Waals surface area contributed by atoms with Gasteiger partial charge in [-0.2, -0.15) is 0 Å². The normalized spacial score (nSPS) is 15.3. The summed E-state index contributed by atoms with van der Waals surface area (Å²) in [5.74, 6) is 2.71. The molecule has 3 rings (SSSR count). The molecule has 1 aliphatic rings. The summed E-state index contributed by atoms with van der Waals surface area (Å²) in [4.78, 5) is 11.6. The van der Waals surface area contributed by atoms with Crippen molar-refractivity contribution in [3.63, 3.8) is 0 Å². The van der Waals surface area contributed by atoms with E-state index in [-0.39, 0.29) is 0 Å². The predicted molar refractivity (Wildman–Crippen MR) is 99.6 cm³/mol. The van der Waals surface area contributed by atoms with Crippen LogP contribution < -0.4 is 10.2 Å². The van der Waals surface area contributed by atoms with Gasteiger partial charge in [-0.15, -0.1) is 0 Å². The second kappa shape index (κ2) is 7.30. The van der Waals surface area contributed by atoms with Crippen LogP contribution in [-0.4, -0.2) is 23.1 Å². The van der Waals surface area contributed by atoms with Gasteiger partial charge in [-0.25, -0.2) is 9.97 Å². The van der Waals surface area contributed by atoms with E-state index in [1.807, 2.05) is 13.0 Å². The van der Waals surface area contributed by atoms with Crippen LogP contribution in [0.25, 0.3) is 0 Å². The molecule has 2 heterocycles. The van der Waals surface area contributed by atoms with Crippen molar-refractivity contribution in [2.75, 3.05) is 23.3 Å². The van der Waals surface area contributed by atoms with Gasteiger partial charge in [-0.1, -0.05) is 28.8 Å². The lowest BCUT2D eigenvalue weighted by Crippen LogP contribution is -2.25. The van der Waals surface area contributed by atoms with Gasteiger partial charge >= 0.3 is 0 Å². The number of nitrogens with zero attached hydrogens (tertiary/aromatic N) is 3. The number of nitrogens with one attached hydrogen (secondary N) is 1. The summed E-state index contributed by atoms with van der Waals surface area (Å²) >= 11 is 3.50. The molecule has 0 atom stereocenters. The molecule has 1 aliphatic heterocycles. The minimum absolute atomic E-state index is 0.809. The number of anilines is 3. The average molecular weight is 375 g/mol. The van der Waals surface area contributed by atoms with Gasteiger partial charge in [0.2, 0.25) is 0 Å². The van der Waals surface area contributed by atoms with Gasteiger partial charge in [0.1, 0.15) is 17.5 Å². The summed E-state index contributed by atoms with van der Waals surface area (Å²) in [6.07, 6.45) is 5.14. The van der Waals surface area contributed by atoms with E-state index in [1.165, 1.54) is 31.2 Å². The number of aromatic nitrogens is 2. The molecule has 0 saturated carbocycles. The third kappa shape index (κ3) is 4.22. The van der Waals surface area contributed by atoms with Gasteiger partial charge in [0.15, 0.2) is 0 Å². The van der Waals surface area contributed by atoms with Crippen LogP contribution in [-0.2, 0) is 0 Å². The van der Waals surface area contributed by atoms with E-state index in [0.717, 1.165) is 40.7 Å². The predicted octanol–water partition coefficient (Wildman–Crippen LogP) is 4.98. The zero-order valence-corrected chi connectivity index (χ0v) is 15.4. The Kier molecular flexibility index (Phi) is 5.16. The number of halogens is 1. The number of aryl methyl sites for hydroxylation is 2. The topological polar surface area (TPSA) is 41.1 Å². The molecule has 122 valence electrons. The molecular formula is C18H23BrN4. The molecule has 1 saturated heterocycles. The average Bonchev–Trinajstić information content (AvgIpc) is 2.79. The highest BCUT2D eigenvalue weighted by Gasteiger charge is 2.13. The van der Waals surface area contributed by atoms with Crippen molar-refractivity contribution in [1.29, 1.82) is 0 Å². The van der Waals surface area contributed by atoms with Gasteiger partial charge in [-0.05, 0) is 50.5 Å². The molecular weight excluding hydrogens is 352 g/mol. The first-order chi connectivity index (χ1) is 11.1. The maximum absolute atomic E-state index is 4.64. The summed E-state index contributed by atoms with van der Waals surface area (Å²) in [6, 6.07) is 8.29. The molecule has 4 nitrogen and oxygen atoms in total. The maximum Gasteiger partial charge on any atom is 0.136 e. The fourth-order valence-electron chi connectivity index (χ4n) is 2.98. The fourth-order valence-corrected chi connectivity index (χ4v) is 3.46. The van der Waals surface area contributed by atoms with Crippen molar-refractivity contribution >= 4 is 33.3 Å². The van der Waals surface area contributed by atoms with Crippen molar-refractivity contribution in [1.82, 2.24) is 9.97 Å². The van der Waals surface area contributed by atoms with Crippen molar-refractivity contribution in [2.24, 2.45) is 0 Å². The van der Waals surface area contributed by atoms with E-state index in [4.69, 9.17) is 0 Å². The van der Waals surface area contributed by atoms with Crippen molar-refractivity contribution < 1.29 is 0 Å². The SMILES string of the molecule is Cc1nc(Nc2ccc(Br)cc2C)cc(N2CCCCCC2)n1. The Hall–Kier alpha value is -1.62. The van der Waals surface area contributed by atoms with Crippen molar-refractivity contribution in [2.45, 2.75) is 39.5 Å². The molecule has 5 heteroatoms. The summed E-state index contributed by atoms with van der Waals surface area (Å²) in [5, 5.41) is 3.44. The highest BCUT2D eigenvalue weighted by atomic mass is 79.9. The first-order valence-electron chi connectivity index (χ1n) is 8.25. The second-order valence-electron chi connectivity index (χ2n) is 6.14. The van der Waals surface area contributed by atoms with E-state index >= 15 is 0 Å². The van der Waals surface area contributed by atoms with Crippen LogP contribution in [0.5, 0.6) is 0 Å². The Labute approximate surface area is 146 Å². The van der Waals surface area contributed by atoms with E-state index < -0.39 is 0 Å². The van der Waals surface area contributed by atoms with E-state index in [9.17, 15) is 0 Å². The van der Waals surface area contributed by atoms with Crippen LogP contribution in [0, 0.1) is 13.8 Å². The lowest BCUT2D eigenvalue weighted by atomic mass is 10.2. The molecule has 2 aromatic rings. The van der Waals surface area contributed by atoms with Crippen molar-refractivity contribution in [3.8, 4) is 0 Å². The number of hydrogen-bond donors (Lipinski definition) is 1. The Bertz CT molecular complexity index is 679. The van der Waals surface area contributed by atoms with Crippen LogP contribution in [0.15, 0.2) is 28.7 Å². The van der Waals surface area contributed by atoms with E-state index in [2.05, 4.69) is 61.2 Å². The molecule has 23 heavy (non-hydrogen) atoms. The molecule has 0 amide bonds. The van der Waals surface area contributed by atoms with Crippen LogP contribution in [0.3, 0.4) is 0 Å². The van der Waals surface area contributed by atoms with Crippen LogP contribution >= 0.6 is 15.9 Å². The molecule has 0 spiro atoms. The minimum atomic E-state index is 0.809. The van der Waals surface area contributed by atoms with Gasteiger partial charge in [0, 0.05) is 29.3 Å². The van der Waals surface area contributed by atoms with Gasteiger partial charge in [0.25, 0.3) is 0 Å². The Morgan fingerprint density at radius 2 is 1.74 bits per heavy atom. The standard InChI is InChI=1S/C18H23BrN4/c1-13-11-15(19)7-8-16(13)22-17-12-18(21-14(2)20-17)23-9-5-3-4-6-10-23/h7-8,11-12H,3-6,9-10H2,1-2H3,(H,20,21,22). The number of hydrogen-bond acceptors (Lipinski definition) is 4. The number of rotatable bonds is 3. The Morgan fingerprint density at radius 1 is 1.00 bits per heavy atom. The zero-order valence-electron chi connectivity index (χ0n) is 13.8. The van der Waals surface area contributed by atoms with Gasteiger partial charge in [0.05, 0.1) is 0 Å². The first kappa shape index (κ1) is 16.2. The van der Waals surface area contributed by atoms with Crippen LogP contribution in [0.2, 0.25) is 0 Å². The first-order valence-corrected chi connectivity index (χ1v) is 9.05. The minimum Gasteiger partial charge on any atom is -0.356 e. The third-order valence-electron chi connectivity index (χ3n) is 4.21. The van der Waals surface area contributed by atoms with E-state index in [0.29, 0.717) is 0 Å². The molecule has 0 bridgehead atoms. The summed E-state index contributed by atoms with van der Waals surface area (Å²) in [5.41, 5.74) is 2.26. The smallest absolute Gasteiger partial charge is 0.136 e. The summed E-state index contributed by atoms with van der Waals surface area (Å²) < 4.78 is 1.09. The molecule has 0 unspecified atom stereocenters. The monoisotopic (exact) mass is 374 g/mol. The maximum atomic E-state index is 4.64. The molecule has 1 aromatic heterocycles. The van der Waals surface area contributed by atoms with Gasteiger partial charge < -0.3 is 10.2 Å². The molecule has 1 aromatic carbocycles. The largest absolute Gasteiger partial charge is 0.356 e. The second-order valence-corrected chi connectivity index (χ2v) is 7.06. The summed E-state index contributed by atoms with van der Waals surface area (Å²) in [7, 11) is 0. The third-order valence-corrected chi connectivity index (χ3v) is 4.70. The Morgan fingerprint density at radius 3 is 2.43 bits per heavy atom. The lowest BCUT2D eigenvalue weighted by molar-refractivity contribution is 0.726. The van der Waals surface area contributed by atoms with Crippen LogP contribution in [0.1, 0.15) is 37.1 Å². The summed E-state index contributed by atoms with van der Waals surface area (Å²) in [6.45, 7) is 6.23. The molecule has 0 radical (unpaired) electrons. The van der Waals surface area contributed by atoms with Gasteiger partial charge in [-0.3, -0.25) is 0 Å². The number of benzene rings is 1. The molecule has 1 N–H and O–H groups in total. The highest BCUT2D eigenvalue weighted by molar-refractivity contribution is 9.10. The van der Waals surface area contributed by atoms with Crippen LogP contribution in [0.4, 0.5) is 17.3 Å². The lowest BCUT2D eigenvalue weighted by Gasteiger charge is -2.22. The Balaban J connectivity index is 1.84. The molecule has 1 fully saturated rings. The zero-order chi connectivity index (χ0) is 16.2. The van der Waals surface area contributed by atoms with E-state index in [1.54, 1.807) is 0 Å². The van der Waals surface area contributed by atoms with Crippen molar-refractivity contribution in [3.05, 3.63) is 40.1 Å². The highest BCUT2D eigenvalue weighted by Crippen LogP contribution is 2.25.